The topological polar surface area (TPSA) is 72.2 Å². The summed E-state index contributed by atoms with van der Waals surface area (Å²) in [6, 6.07) is 8.39. The highest BCUT2D eigenvalue weighted by Crippen LogP contribution is 2.21. The molecule has 2 aromatic carbocycles. The van der Waals surface area contributed by atoms with Crippen LogP contribution in [0.1, 0.15) is 21.5 Å². The van der Waals surface area contributed by atoms with E-state index in [0.29, 0.717) is 5.56 Å². The number of nitro benzene ring substituents is 1. The van der Waals surface area contributed by atoms with E-state index in [1.165, 1.54) is 30.3 Å². The van der Waals surface area contributed by atoms with E-state index in [-0.39, 0.29) is 16.9 Å². The van der Waals surface area contributed by atoms with E-state index >= 15 is 0 Å². The Kier molecular flexibility index (Phi) is 3.98. The lowest BCUT2D eigenvalue weighted by molar-refractivity contribution is -0.385. The Bertz CT molecular complexity index is 729. The van der Waals surface area contributed by atoms with E-state index in [2.05, 4.69) is 5.32 Å². The molecule has 0 aromatic heterocycles. The molecule has 1 amide bonds. The number of nitrogens with one attached hydrogen (secondary N) is 1. The van der Waals surface area contributed by atoms with Gasteiger partial charge in [-0.2, -0.15) is 0 Å². The third-order valence-electron chi connectivity index (χ3n) is 3.03. The van der Waals surface area contributed by atoms with Gasteiger partial charge in [0, 0.05) is 17.2 Å². The standard InChI is InChI=1S/C15H13FN2O3/c1-9-3-5-12(16)13(7-9)17-15(19)11-4-6-14(18(20)21)10(2)8-11/h3-8H,1-2H3,(H,17,19). The van der Waals surface area contributed by atoms with Gasteiger partial charge in [0.15, 0.2) is 0 Å². The highest BCUT2D eigenvalue weighted by molar-refractivity contribution is 6.04. The number of hydrogen-bond acceptors (Lipinski definition) is 3. The minimum atomic E-state index is -0.535. The van der Waals surface area contributed by atoms with Crippen LogP contribution >= 0.6 is 0 Å². The molecule has 0 spiro atoms. The number of carbonyl (C=O) groups is 1. The minimum Gasteiger partial charge on any atom is -0.319 e. The van der Waals surface area contributed by atoms with Gasteiger partial charge in [-0.15, -0.1) is 0 Å². The molecule has 0 bridgehead atoms. The highest BCUT2D eigenvalue weighted by atomic mass is 19.1. The highest BCUT2D eigenvalue weighted by Gasteiger charge is 2.15. The second-order valence-electron chi connectivity index (χ2n) is 4.70. The predicted octanol–water partition coefficient (Wildman–Crippen LogP) is 3.60. The van der Waals surface area contributed by atoms with Gasteiger partial charge in [-0.25, -0.2) is 4.39 Å². The largest absolute Gasteiger partial charge is 0.319 e. The van der Waals surface area contributed by atoms with Crippen LogP contribution in [-0.2, 0) is 0 Å². The van der Waals surface area contributed by atoms with Crippen LogP contribution in [0.3, 0.4) is 0 Å². The normalized spacial score (nSPS) is 10.2. The van der Waals surface area contributed by atoms with Gasteiger partial charge in [0.05, 0.1) is 10.6 Å². The lowest BCUT2D eigenvalue weighted by atomic mass is 10.1. The molecule has 0 aliphatic carbocycles. The van der Waals surface area contributed by atoms with Crippen LogP contribution in [0.15, 0.2) is 36.4 Å². The fourth-order valence-corrected chi connectivity index (χ4v) is 1.93. The van der Waals surface area contributed by atoms with Crippen LogP contribution < -0.4 is 5.32 Å². The molecule has 0 aliphatic heterocycles. The van der Waals surface area contributed by atoms with Crippen LogP contribution in [0.25, 0.3) is 0 Å². The molecule has 0 radical (unpaired) electrons. The number of hydrogen-bond donors (Lipinski definition) is 1. The Morgan fingerprint density at radius 1 is 1.19 bits per heavy atom. The smallest absolute Gasteiger partial charge is 0.272 e. The summed E-state index contributed by atoms with van der Waals surface area (Å²) in [6.07, 6.45) is 0. The molecule has 108 valence electrons. The molecule has 21 heavy (non-hydrogen) atoms. The number of anilines is 1. The Hall–Kier alpha value is -2.76. The molecule has 5 nitrogen and oxygen atoms in total. The van der Waals surface area contributed by atoms with Crippen molar-refractivity contribution < 1.29 is 14.1 Å². The van der Waals surface area contributed by atoms with E-state index in [0.717, 1.165) is 5.56 Å². The molecule has 0 saturated heterocycles. The first-order chi connectivity index (χ1) is 9.88. The quantitative estimate of drug-likeness (QED) is 0.692. The van der Waals surface area contributed by atoms with E-state index in [1.54, 1.807) is 19.9 Å². The average molecular weight is 288 g/mol. The molecule has 2 rings (SSSR count). The van der Waals surface area contributed by atoms with Gasteiger partial charge < -0.3 is 5.32 Å². The monoisotopic (exact) mass is 288 g/mol. The number of nitro groups is 1. The van der Waals surface area contributed by atoms with Crippen LogP contribution in [0, 0.1) is 29.8 Å². The maximum Gasteiger partial charge on any atom is 0.272 e. The molecular formula is C15H13FN2O3. The summed E-state index contributed by atoms with van der Waals surface area (Å²) in [5, 5.41) is 13.2. The Morgan fingerprint density at radius 2 is 1.90 bits per heavy atom. The predicted molar refractivity (Wildman–Crippen MR) is 76.9 cm³/mol. The summed E-state index contributed by atoms with van der Waals surface area (Å²) in [6.45, 7) is 3.33. The fourth-order valence-electron chi connectivity index (χ4n) is 1.93. The third-order valence-corrected chi connectivity index (χ3v) is 3.03. The zero-order chi connectivity index (χ0) is 15.6. The molecular weight excluding hydrogens is 275 g/mol. The minimum absolute atomic E-state index is 0.0618. The molecule has 2 aromatic rings. The number of nitrogens with zero attached hydrogens (tertiary/aromatic N) is 1. The van der Waals surface area contributed by atoms with Crippen molar-refractivity contribution in [3.63, 3.8) is 0 Å². The van der Waals surface area contributed by atoms with Gasteiger partial charge in [0.2, 0.25) is 0 Å². The molecule has 0 atom stereocenters. The number of carbonyl (C=O) groups excluding carboxylic acids is 1. The van der Waals surface area contributed by atoms with E-state index in [4.69, 9.17) is 0 Å². The first-order valence-corrected chi connectivity index (χ1v) is 6.21. The van der Waals surface area contributed by atoms with Gasteiger partial charge >= 0.3 is 0 Å². The summed E-state index contributed by atoms with van der Waals surface area (Å²) >= 11 is 0. The van der Waals surface area contributed by atoms with E-state index in [1.807, 2.05) is 0 Å². The molecule has 0 saturated carbocycles. The number of halogens is 1. The van der Waals surface area contributed by atoms with Gasteiger partial charge in [-0.1, -0.05) is 6.07 Å². The molecule has 0 unspecified atom stereocenters. The van der Waals surface area contributed by atoms with Crippen molar-refractivity contribution >= 4 is 17.3 Å². The lowest BCUT2D eigenvalue weighted by Gasteiger charge is -2.08. The Balaban J connectivity index is 2.26. The van der Waals surface area contributed by atoms with Crippen molar-refractivity contribution in [1.29, 1.82) is 0 Å². The van der Waals surface area contributed by atoms with Crippen LogP contribution in [-0.4, -0.2) is 10.8 Å². The maximum absolute atomic E-state index is 13.6. The van der Waals surface area contributed by atoms with Crippen molar-refractivity contribution in [2.75, 3.05) is 5.32 Å². The first kappa shape index (κ1) is 14.6. The van der Waals surface area contributed by atoms with Gasteiger partial charge in [0.1, 0.15) is 5.82 Å². The molecule has 0 fully saturated rings. The van der Waals surface area contributed by atoms with Crippen molar-refractivity contribution in [3.8, 4) is 0 Å². The number of benzene rings is 2. The van der Waals surface area contributed by atoms with Gasteiger partial charge in [-0.05, 0) is 43.7 Å². The Labute approximate surface area is 120 Å². The zero-order valence-corrected chi connectivity index (χ0v) is 11.5. The second kappa shape index (κ2) is 5.70. The van der Waals surface area contributed by atoms with Crippen molar-refractivity contribution in [1.82, 2.24) is 0 Å². The molecule has 0 aliphatic rings. The number of aryl methyl sites for hydroxylation is 2. The fraction of sp³-hybridized carbons (Fsp3) is 0.133. The van der Waals surface area contributed by atoms with Gasteiger partial charge in [-0.3, -0.25) is 14.9 Å². The lowest BCUT2D eigenvalue weighted by Crippen LogP contribution is -2.13. The molecule has 0 heterocycles. The third kappa shape index (κ3) is 3.22. The number of rotatable bonds is 3. The summed E-state index contributed by atoms with van der Waals surface area (Å²) in [5.74, 6) is -1.05. The zero-order valence-electron chi connectivity index (χ0n) is 11.5. The summed E-state index contributed by atoms with van der Waals surface area (Å²) in [5.41, 5.74) is 1.44. The maximum atomic E-state index is 13.6. The second-order valence-corrected chi connectivity index (χ2v) is 4.70. The van der Waals surface area contributed by atoms with Crippen molar-refractivity contribution in [2.45, 2.75) is 13.8 Å². The Morgan fingerprint density at radius 3 is 2.52 bits per heavy atom. The number of amides is 1. The van der Waals surface area contributed by atoms with Crippen molar-refractivity contribution in [2.24, 2.45) is 0 Å². The average Bonchev–Trinajstić information content (AvgIpc) is 2.42. The summed E-state index contributed by atoms with van der Waals surface area (Å²) < 4.78 is 13.6. The summed E-state index contributed by atoms with van der Waals surface area (Å²) in [4.78, 5) is 22.3. The van der Waals surface area contributed by atoms with Gasteiger partial charge in [0.25, 0.3) is 11.6 Å². The first-order valence-electron chi connectivity index (χ1n) is 6.21. The van der Waals surface area contributed by atoms with E-state index in [9.17, 15) is 19.3 Å². The molecule has 1 N–H and O–H groups in total. The van der Waals surface area contributed by atoms with Crippen LogP contribution in [0.4, 0.5) is 15.8 Å². The summed E-state index contributed by atoms with van der Waals surface area (Å²) in [7, 11) is 0. The SMILES string of the molecule is Cc1ccc(F)c(NC(=O)c2ccc([N+](=O)[O-])c(C)c2)c1. The van der Waals surface area contributed by atoms with Crippen LogP contribution in [0.2, 0.25) is 0 Å². The molecule has 6 heteroatoms. The van der Waals surface area contributed by atoms with E-state index < -0.39 is 16.6 Å². The van der Waals surface area contributed by atoms with Crippen LogP contribution in [0.5, 0.6) is 0 Å². The van der Waals surface area contributed by atoms with Crippen molar-refractivity contribution in [3.05, 3.63) is 69.0 Å².